The molecule has 0 spiro atoms. The zero-order valence-electron chi connectivity index (χ0n) is 5.98. The lowest BCUT2D eigenvalue weighted by molar-refractivity contribution is 0.407. The van der Waals surface area contributed by atoms with Crippen LogP contribution in [0.3, 0.4) is 0 Å². The highest BCUT2D eigenvalue weighted by Gasteiger charge is 2.29. The second-order valence-electron chi connectivity index (χ2n) is 2.59. The molecule has 2 rings (SSSR count). The minimum Gasteiger partial charge on any atom is -0.368 e. The first kappa shape index (κ1) is 7.95. The number of rotatable bonds is 1. The van der Waals surface area contributed by atoms with Crippen LogP contribution < -0.4 is 0 Å². The molecule has 0 radical (unpaired) electrons. The molecule has 64 valence electrons. The van der Waals surface area contributed by atoms with Crippen LogP contribution in [0.1, 0.15) is 11.7 Å². The lowest BCUT2D eigenvalue weighted by Gasteiger charge is -2.00. The van der Waals surface area contributed by atoms with Crippen LogP contribution in [0.25, 0.3) is 0 Å². The maximum Gasteiger partial charge on any atom is 0.150 e. The summed E-state index contributed by atoms with van der Waals surface area (Å²) in [6, 6.07) is 2.50. The van der Waals surface area contributed by atoms with E-state index in [1.54, 1.807) is 0 Å². The molecule has 1 aliphatic rings. The van der Waals surface area contributed by atoms with Crippen LogP contribution in [0, 0.1) is 11.6 Å². The van der Waals surface area contributed by atoms with Crippen LogP contribution in [-0.2, 0) is 4.74 Å². The molecule has 12 heavy (non-hydrogen) atoms. The van der Waals surface area contributed by atoms with E-state index in [4.69, 9.17) is 16.3 Å². The van der Waals surface area contributed by atoms with Crippen LogP contribution >= 0.6 is 11.6 Å². The van der Waals surface area contributed by atoms with Crippen molar-refractivity contribution in [1.29, 1.82) is 0 Å². The molecule has 0 unspecified atom stereocenters. The second kappa shape index (κ2) is 2.68. The van der Waals surface area contributed by atoms with Gasteiger partial charge in [0.25, 0.3) is 0 Å². The molecule has 0 N–H and O–H groups in total. The molecule has 0 aliphatic carbocycles. The number of halogens is 3. The Morgan fingerprint density at radius 1 is 1.42 bits per heavy atom. The highest BCUT2D eigenvalue weighted by atomic mass is 35.5. The lowest BCUT2D eigenvalue weighted by Crippen LogP contribution is -1.91. The molecule has 1 aromatic carbocycles. The first-order chi connectivity index (χ1) is 5.70. The first-order valence-electron chi connectivity index (χ1n) is 3.45. The van der Waals surface area contributed by atoms with Gasteiger partial charge < -0.3 is 4.74 Å². The predicted octanol–water partition coefficient (Wildman–Crippen LogP) is 2.69. The summed E-state index contributed by atoms with van der Waals surface area (Å²) in [5.74, 6) is -1.45. The molecule has 4 heteroatoms. The van der Waals surface area contributed by atoms with E-state index in [0.29, 0.717) is 12.2 Å². The molecule has 1 saturated heterocycles. The van der Waals surface area contributed by atoms with Crippen molar-refractivity contribution in [2.75, 3.05) is 6.61 Å². The summed E-state index contributed by atoms with van der Waals surface area (Å²) < 4.78 is 30.6. The summed E-state index contributed by atoms with van der Waals surface area (Å²) in [7, 11) is 0. The summed E-state index contributed by atoms with van der Waals surface area (Å²) >= 11 is 5.35. The summed E-state index contributed by atoms with van der Waals surface area (Å²) in [5.41, 5.74) is 0.335. The summed E-state index contributed by atoms with van der Waals surface area (Å²) in [4.78, 5) is 0. The molecule has 1 atom stereocenters. The second-order valence-corrected chi connectivity index (χ2v) is 2.96. The minimum atomic E-state index is -0.737. The number of ether oxygens (including phenoxy) is 1. The Kier molecular flexibility index (Phi) is 1.77. The third-order valence-electron chi connectivity index (χ3n) is 1.75. The SMILES string of the molecule is Fc1ccc([C@H]2CO2)c(F)c1Cl. The number of benzene rings is 1. The van der Waals surface area contributed by atoms with E-state index in [2.05, 4.69) is 0 Å². The fourth-order valence-electron chi connectivity index (χ4n) is 1.02. The Hall–Kier alpha value is -0.670. The number of hydrogen-bond acceptors (Lipinski definition) is 1. The molecule has 1 heterocycles. The van der Waals surface area contributed by atoms with Crippen molar-refractivity contribution in [1.82, 2.24) is 0 Å². The molecular weight excluding hydrogens is 186 g/mol. The summed E-state index contributed by atoms with van der Waals surface area (Å²) in [5, 5.41) is -0.456. The van der Waals surface area contributed by atoms with Crippen molar-refractivity contribution in [2.24, 2.45) is 0 Å². The predicted molar refractivity (Wildman–Crippen MR) is 40.1 cm³/mol. The molecule has 1 fully saturated rings. The normalized spacial score (nSPS) is 21.1. The largest absolute Gasteiger partial charge is 0.368 e. The Balaban J connectivity index is 2.49. The smallest absolute Gasteiger partial charge is 0.150 e. The van der Waals surface area contributed by atoms with Crippen LogP contribution in [0.5, 0.6) is 0 Å². The van der Waals surface area contributed by atoms with Crippen molar-refractivity contribution >= 4 is 11.6 Å². The van der Waals surface area contributed by atoms with Crippen molar-refractivity contribution in [3.05, 3.63) is 34.4 Å². The van der Waals surface area contributed by atoms with Gasteiger partial charge >= 0.3 is 0 Å². The van der Waals surface area contributed by atoms with E-state index in [0.717, 1.165) is 6.07 Å². The Morgan fingerprint density at radius 2 is 2.08 bits per heavy atom. The Labute approximate surface area is 72.9 Å². The van der Waals surface area contributed by atoms with E-state index < -0.39 is 16.7 Å². The first-order valence-corrected chi connectivity index (χ1v) is 3.83. The van der Waals surface area contributed by atoms with Gasteiger partial charge in [-0.05, 0) is 6.07 Å². The Bertz CT molecular complexity index is 323. The van der Waals surface area contributed by atoms with E-state index in [1.165, 1.54) is 6.07 Å². The third-order valence-corrected chi connectivity index (χ3v) is 2.09. The van der Waals surface area contributed by atoms with Crippen LogP contribution in [-0.4, -0.2) is 6.61 Å². The highest BCUT2D eigenvalue weighted by molar-refractivity contribution is 6.30. The maximum absolute atomic E-state index is 13.1. The average molecular weight is 191 g/mol. The van der Waals surface area contributed by atoms with Gasteiger partial charge in [-0.15, -0.1) is 0 Å². The number of hydrogen-bond donors (Lipinski definition) is 0. The van der Waals surface area contributed by atoms with Crippen molar-refractivity contribution in [2.45, 2.75) is 6.10 Å². The fraction of sp³-hybridized carbons (Fsp3) is 0.250. The molecule has 0 aromatic heterocycles. The van der Waals surface area contributed by atoms with Gasteiger partial charge in [0.15, 0.2) is 5.82 Å². The maximum atomic E-state index is 13.1. The van der Waals surface area contributed by atoms with Gasteiger partial charge in [0.2, 0.25) is 0 Å². The summed E-state index contributed by atoms with van der Waals surface area (Å²) in [6.07, 6.45) is -0.233. The van der Waals surface area contributed by atoms with Gasteiger partial charge in [0, 0.05) is 5.56 Å². The average Bonchev–Trinajstić information content (AvgIpc) is 2.84. The van der Waals surface area contributed by atoms with E-state index in [9.17, 15) is 8.78 Å². The Morgan fingerprint density at radius 3 is 2.67 bits per heavy atom. The highest BCUT2D eigenvalue weighted by Crippen LogP contribution is 2.34. The number of epoxide rings is 1. The van der Waals surface area contributed by atoms with Crippen LogP contribution in [0.15, 0.2) is 12.1 Å². The standard InChI is InChI=1S/C8H5ClF2O/c9-7-5(10)2-1-4(8(7)11)6-3-12-6/h1-2,6H,3H2/t6-/m1/s1. The van der Waals surface area contributed by atoms with Crippen molar-refractivity contribution < 1.29 is 13.5 Å². The van der Waals surface area contributed by atoms with Gasteiger partial charge in [-0.3, -0.25) is 0 Å². The van der Waals surface area contributed by atoms with Gasteiger partial charge in [-0.1, -0.05) is 17.7 Å². The topological polar surface area (TPSA) is 12.5 Å². The van der Waals surface area contributed by atoms with Crippen molar-refractivity contribution in [3.63, 3.8) is 0 Å². The van der Waals surface area contributed by atoms with E-state index in [1.807, 2.05) is 0 Å². The van der Waals surface area contributed by atoms with E-state index >= 15 is 0 Å². The molecule has 1 aromatic rings. The van der Waals surface area contributed by atoms with Gasteiger partial charge in [0.05, 0.1) is 6.61 Å². The molecule has 0 saturated carbocycles. The quantitative estimate of drug-likeness (QED) is 0.490. The minimum absolute atomic E-state index is 0.233. The third kappa shape index (κ3) is 1.19. The van der Waals surface area contributed by atoms with Gasteiger partial charge in [0.1, 0.15) is 16.9 Å². The molecule has 0 amide bonds. The van der Waals surface area contributed by atoms with Crippen LogP contribution in [0.4, 0.5) is 8.78 Å². The monoisotopic (exact) mass is 190 g/mol. The molecule has 0 bridgehead atoms. The van der Waals surface area contributed by atoms with Gasteiger partial charge in [-0.2, -0.15) is 0 Å². The van der Waals surface area contributed by atoms with Crippen LogP contribution in [0.2, 0.25) is 5.02 Å². The molecule has 1 aliphatic heterocycles. The molecule has 1 nitrogen and oxygen atoms in total. The van der Waals surface area contributed by atoms with Crippen molar-refractivity contribution in [3.8, 4) is 0 Å². The lowest BCUT2D eigenvalue weighted by atomic mass is 10.1. The fourth-order valence-corrected chi connectivity index (χ4v) is 1.19. The zero-order chi connectivity index (χ0) is 8.72. The zero-order valence-corrected chi connectivity index (χ0v) is 6.74. The molecular formula is C8H5ClF2O. The van der Waals surface area contributed by atoms with Gasteiger partial charge in [-0.25, -0.2) is 8.78 Å². The summed E-state index contributed by atoms with van der Waals surface area (Å²) in [6.45, 7) is 0.485. The van der Waals surface area contributed by atoms with E-state index in [-0.39, 0.29) is 6.10 Å².